The number of hydrogen-bond acceptors (Lipinski definition) is 2. The van der Waals surface area contributed by atoms with Gasteiger partial charge < -0.3 is 14.4 Å². The molecule has 84 valence electrons. The maximum Gasteiger partial charge on any atom is 0.432 e. The van der Waals surface area contributed by atoms with E-state index < -0.39 is 23.4 Å². The van der Waals surface area contributed by atoms with Gasteiger partial charge in [0.15, 0.2) is 0 Å². The van der Waals surface area contributed by atoms with Crippen molar-refractivity contribution in [3.63, 3.8) is 0 Å². The molecule has 15 heavy (non-hydrogen) atoms. The zero-order valence-electron chi connectivity index (χ0n) is 7.71. The lowest BCUT2D eigenvalue weighted by Crippen LogP contribution is -2.17. The quantitative estimate of drug-likeness (QED) is 0.850. The summed E-state index contributed by atoms with van der Waals surface area (Å²) in [5.74, 6) is -1.61. The monoisotopic (exact) mass is 223 g/mol. The van der Waals surface area contributed by atoms with Crippen LogP contribution < -0.4 is 0 Å². The van der Waals surface area contributed by atoms with Gasteiger partial charge >= 0.3 is 12.1 Å². The Bertz CT molecular complexity index is 370. The average Bonchev–Trinajstić information content (AvgIpc) is 2.47. The van der Waals surface area contributed by atoms with Crippen LogP contribution in [0.3, 0.4) is 0 Å². The smallest absolute Gasteiger partial charge is 0.432 e. The van der Waals surface area contributed by atoms with Crippen molar-refractivity contribution in [3.05, 3.63) is 23.5 Å². The number of halogens is 3. The van der Waals surface area contributed by atoms with Crippen LogP contribution in [0.1, 0.15) is 16.1 Å². The maximum absolute atomic E-state index is 12.5. The highest BCUT2D eigenvalue weighted by molar-refractivity contribution is 5.89. The number of carboxylic acid groups (broad SMARTS) is 1. The van der Waals surface area contributed by atoms with Crippen LogP contribution in [0.25, 0.3) is 0 Å². The fraction of sp³-hybridized carbons (Fsp3) is 0.375. The molecule has 1 N–H and O–H groups in total. The van der Waals surface area contributed by atoms with Crippen molar-refractivity contribution >= 4 is 5.97 Å². The highest BCUT2D eigenvalue weighted by Gasteiger charge is 2.39. The van der Waals surface area contributed by atoms with Crippen molar-refractivity contribution in [2.45, 2.75) is 12.9 Å². The Morgan fingerprint density at radius 1 is 1.60 bits per heavy atom. The molecule has 0 saturated heterocycles. The van der Waals surface area contributed by atoms with Gasteiger partial charge in [-0.25, -0.2) is 4.79 Å². The average molecular weight is 223 g/mol. The Hall–Kier alpha value is -1.50. The summed E-state index contributed by atoms with van der Waals surface area (Å²) in [5.41, 5.74) is -1.99. The molecule has 0 unspecified atom stereocenters. The van der Waals surface area contributed by atoms with Crippen molar-refractivity contribution < 1.29 is 27.8 Å². The van der Waals surface area contributed by atoms with E-state index in [1.54, 1.807) is 0 Å². The van der Waals surface area contributed by atoms with Gasteiger partial charge in [-0.3, -0.25) is 0 Å². The standard InChI is InChI=1S/C8H8F3NO3/c1-15-4-12-3-2-5(7(13)14)6(12)8(9,10)11/h2-3H,4H2,1H3,(H,13,14). The van der Waals surface area contributed by atoms with Gasteiger partial charge in [-0.1, -0.05) is 0 Å². The molecule has 1 aromatic heterocycles. The van der Waals surface area contributed by atoms with Crippen LogP contribution in [0.5, 0.6) is 0 Å². The van der Waals surface area contributed by atoms with Crippen LogP contribution in [-0.4, -0.2) is 22.8 Å². The minimum absolute atomic E-state index is 0.345. The highest BCUT2D eigenvalue weighted by Crippen LogP contribution is 2.32. The Morgan fingerprint density at radius 2 is 2.20 bits per heavy atom. The predicted molar refractivity (Wildman–Crippen MR) is 43.4 cm³/mol. The normalized spacial score (nSPS) is 11.7. The van der Waals surface area contributed by atoms with Gasteiger partial charge in [0.2, 0.25) is 0 Å². The summed E-state index contributed by atoms with van der Waals surface area (Å²) in [4.78, 5) is 10.5. The molecule has 1 rings (SSSR count). The Kier molecular flexibility index (Phi) is 3.04. The molecule has 0 spiro atoms. The first kappa shape index (κ1) is 11.6. The predicted octanol–water partition coefficient (Wildman–Crippen LogP) is 1.81. The number of aromatic nitrogens is 1. The lowest BCUT2D eigenvalue weighted by molar-refractivity contribution is -0.146. The van der Waals surface area contributed by atoms with Crippen molar-refractivity contribution in [2.75, 3.05) is 7.11 Å². The van der Waals surface area contributed by atoms with E-state index in [1.165, 1.54) is 7.11 Å². The fourth-order valence-corrected chi connectivity index (χ4v) is 1.21. The van der Waals surface area contributed by atoms with E-state index in [4.69, 9.17) is 5.11 Å². The third-order valence-electron chi connectivity index (χ3n) is 1.73. The number of aromatic carboxylic acids is 1. The van der Waals surface area contributed by atoms with E-state index in [1.807, 2.05) is 0 Å². The number of rotatable bonds is 3. The van der Waals surface area contributed by atoms with Crippen LogP contribution in [0.4, 0.5) is 13.2 Å². The van der Waals surface area contributed by atoms with E-state index in [-0.39, 0.29) is 6.73 Å². The summed E-state index contributed by atoms with van der Waals surface area (Å²) < 4.78 is 42.7. The van der Waals surface area contributed by atoms with E-state index in [9.17, 15) is 18.0 Å². The summed E-state index contributed by atoms with van der Waals surface area (Å²) in [6.45, 7) is -0.345. The Balaban J connectivity index is 3.27. The molecule has 1 heterocycles. The Morgan fingerprint density at radius 3 is 2.60 bits per heavy atom. The number of hydrogen-bond donors (Lipinski definition) is 1. The number of methoxy groups -OCH3 is 1. The first-order valence-corrected chi connectivity index (χ1v) is 3.86. The van der Waals surface area contributed by atoms with Crippen LogP contribution in [0.15, 0.2) is 12.3 Å². The second-order valence-corrected chi connectivity index (χ2v) is 2.77. The molecule has 0 radical (unpaired) electrons. The summed E-state index contributed by atoms with van der Waals surface area (Å²) in [6.07, 6.45) is -3.69. The number of ether oxygens (including phenoxy) is 1. The molecular formula is C8H8F3NO3. The summed E-state index contributed by atoms with van der Waals surface area (Å²) in [6, 6.07) is 0.893. The number of carbonyl (C=O) groups is 1. The molecular weight excluding hydrogens is 215 g/mol. The van der Waals surface area contributed by atoms with E-state index in [0.29, 0.717) is 4.57 Å². The van der Waals surface area contributed by atoms with Gasteiger partial charge in [0.05, 0.1) is 5.56 Å². The summed E-state index contributed by atoms with van der Waals surface area (Å²) in [7, 11) is 1.22. The van der Waals surface area contributed by atoms with Crippen molar-refractivity contribution in [2.24, 2.45) is 0 Å². The minimum Gasteiger partial charge on any atom is -0.478 e. The third kappa shape index (κ3) is 2.30. The topological polar surface area (TPSA) is 51.5 Å². The van der Waals surface area contributed by atoms with Crippen LogP contribution in [0, 0.1) is 0 Å². The molecule has 0 aliphatic rings. The molecule has 0 aliphatic carbocycles. The third-order valence-corrected chi connectivity index (χ3v) is 1.73. The zero-order valence-corrected chi connectivity index (χ0v) is 7.71. The molecule has 1 aromatic rings. The van der Waals surface area contributed by atoms with Crippen LogP contribution in [-0.2, 0) is 17.6 Å². The van der Waals surface area contributed by atoms with Crippen molar-refractivity contribution in [1.29, 1.82) is 0 Å². The van der Waals surface area contributed by atoms with Gasteiger partial charge in [-0.05, 0) is 6.07 Å². The Labute approximate surface area is 82.9 Å². The molecule has 0 atom stereocenters. The van der Waals surface area contributed by atoms with Crippen LogP contribution >= 0.6 is 0 Å². The second kappa shape index (κ2) is 3.93. The maximum atomic E-state index is 12.5. The molecule has 0 bridgehead atoms. The van der Waals surface area contributed by atoms with E-state index in [2.05, 4.69) is 4.74 Å². The van der Waals surface area contributed by atoms with Gasteiger partial charge in [-0.2, -0.15) is 13.2 Å². The van der Waals surface area contributed by atoms with E-state index >= 15 is 0 Å². The van der Waals surface area contributed by atoms with Crippen LogP contribution in [0.2, 0.25) is 0 Å². The van der Waals surface area contributed by atoms with Crippen molar-refractivity contribution in [1.82, 2.24) is 4.57 Å². The minimum atomic E-state index is -4.71. The zero-order chi connectivity index (χ0) is 11.6. The molecule has 0 aliphatic heterocycles. The summed E-state index contributed by atoms with van der Waals surface area (Å²) >= 11 is 0. The number of alkyl halides is 3. The molecule has 0 amide bonds. The molecule has 0 saturated carbocycles. The first-order chi connectivity index (χ1) is 6.88. The largest absolute Gasteiger partial charge is 0.478 e. The van der Waals surface area contributed by atoms with Gasteiger partial charge in [-0.15, -0.1) is 0 Å². The van der Waals surface area contributed by atoms with Gasteiger partial charge in [0.1, 0.15) is 12.4 Å². The fourth-order valence-electron chi connectivity index (χ4n) is 1.21. The number of nitrogens with zero attached hydrogens (tertiary/aromatic N) is 1. The van der Waals surface area contributed by atoms with Crippen molar-refractivity contribution in [3.8, 4) is 0 Å². The molecule has 4 nitrogen and oxygen atoms in total. The highest BCUT2D eigenvalue weighted by atomic mass is 19.4. The lowest BCUT2D eigenvalue weighted by atomic mass is 10.2. The van der Waals surface area contributed by atoms with E-state index in [0.717, 1.165) is 12.3 Å². The molecule has 7 heteroatoms. The summed E-state index contributed by atoms with van der Waals surface area (Å²) in [5, 5.41) is 8.56. The lowest BCUT2D eigenvalue weighted by Gasteiger charge is -2.12. The molecule has 0 fully saturated rings. The number of carboxylic acids is 1. The SMILES string of the molecule is COCn1ccc(C(=O)O)c1C(F)(F)F. The van der Waals surface area contributed by atoms with Gasteiger partial charge in [0, 0.05) is 13.3 Å². The molecule has 0 aromatic carbocycles. The second-order valence-electron chi connectivity index (χ2n) is 2.77. The first-order valence-electron chi connectivity index (χ1n) is 3.86. The van der Waals surface area contributed by atoms with Gasteiger partial charge in [0.25, 0.3) is 0 Å².